The minimum Gasteiger partial charge on any atom is -0.301 e. The largest absolute Gasteiger partial charge is 0.522 e. The summed E-state index contributed by atoms with van der Waals surface area (Å²) in [6.45, 7) is 7.37. The van der Waals surface area contributed by atoms with Gasteiger partial charge in [0.05, 0.1) is 0 Å². The molecule has 1 N–H and O–H groups in total. The second-order valence-corrected chi connectivity index (χ2v) is 7.13. The van der Waals surface area contributed by atoms with Crippen LogP contribution in [0.2, 0.25) is 0 Å². The van der Waals surface area contributed by atoms with Gasteiger partial charge in [-0.2, -0.15) is 21.6 Å². The van der Waals surface area contributed by atoms with E-state index in [1.807, 2.05) is 0 Å². The Balaban J connectivity index is 0.000000472. The maximum Gasteiger partial charge on any atom is 0.522 e. The van der Waals surface area contributed by atoms with Crippen LogP contribution in [-0.2, 0) is 10.1 Å². The fourth-order valence-electron chi connectivity index (χ4n) is 2.42. The summed E-state index contributed by atoms with van der Waals surface area (Å²) in [5.74, 6) is 0. The minimum atomic E-state index is -5.84. The van der Waals surface area contributed by atoms with Crippen molar-refractivity contribution in [1.82, 2.24) is 4.90 Å². The predicted molar refractivity (Wildman–Crippen MR) is 81.2 cm³/mol. The van der Waals surface area contributed by atoms with E-state index in [0.29, 0.717) is 0 Å². The zero-order chi connectivity index (χ0) is 17.2. The molecule has 1 unspecified atom stereocenters. The highest BCUT2D eigenvalue weighted by molar-refractivity contribution is 7.86. The van der Waals surface area contributed by atoms with Crippen LogP contribution in [0.1, 0.15) is 65.2 Å². The van der Waals surface area contributed by atoms with Gasteiger partial charge in [0, 0.05) is 6.04 Å². The Morgan fingerprint density at radius 1 is 1.14 bits per heavy atom. The van der Waals surface area contributed by atoms with Gasteiger partial charge in [-0.05, 0) is 39.3 Å². The average Bonchev–Trinajstić information content (AvgIpc) is 2.78. The van der Waals surface area contributed by atoms with Crippen LogP contribution in [0.4, 0.5) is 13.2 Å². The zero-order valence-electron chi connectivity index (χ0n) is 13.4. The topological polar surface area (TPSA) is 57.6 Å². The SMILES string of the molecule is CCCCCCCCN1CCCC1C.O=S(=O)(O)C(F)(F)F. The molecule has 1 heterocycles. The second kappa shape index (κ2) is 10.4. The van der Waals surface area contributed by atoms with Crippen LogP contribution in [0.15, 0.2) is 0 Å². The maximum atomic E-state index is 10.7. The number of hydrogen-bond acceptors (Lipinski definition) is 3. The van der Waals surface area contributed by atoms with Crippen molar-refractivity contribution in [2.45, 2.75) is 76.8 Å². The highest BCUT2D eigenvalue weighted by atomic mass is 32.2. The van der Waals surface area contributed by atoms with E-state index < -0.39 is 15.6 Å². The van der Waals surface area contributed by atoms with Crippen LogP contribution in [0.25, 0.3) is 0 Å². The molecule has 0 amide bonds. The number of halogens is 3. The first-order chi connectivity index (χ1) is 10.1. The molecule has 1 saturated heterocycles. The molecule has 0 spiro atoms. The summed E-state index contributed by atoms with van der Waals surface area (Å²) < 4.78 is 57.5. The third-order valence-corrected chi connectivity index (χ3v) is 4.37. The van der Waals surface area contributed by atoms with E-state index in [1.54, 1.807) is 0 Å². The normalized spacial score (nSPS) is 19.8. The molecule has 4 nitrogen and oxygen atoms in total. The smallest absolute Gasteiger partial charge is 0.301 e. The molecule has 1 rings (SSSR count). The van der Waals surface area contributed by atoms with Gasteiger partial charge in [-0.25, -0.2) is 0 Å². The first-order valence-corrected chi connectivity index (χ1v) is 9.31. The lowest BCUT2D eigenvalue weighted by atomic mass is 10.1. The van der Waals surface area contributed by atoms with Gasteiger partial charge in [0.15, 0.2) is 0 Å². The Hall–Kier alpha value is -0.340. The van der Waals surface area contributed by atoms with Crippen LogP contribution in [0, 0.1) is 0 Å². The molecule has 0 radical (unpaired) electrons. The Labute approximate surface area is 131 Å². The number of nitrogens with zero attached hydrogens (tertiary/aromatic N) is 1. The molecule has 0 aromatic heterocycles. The van der Waals surface area contributed by atoms with Crippen molar-refractivity contribution in [3.8, 4) is 0 Å². The molecule has 8 heteroatoms. The van der Waals surface area contributed by atoms with Crippen molar-refractivity contribution in [3.63, 3.8) is 0 Å². The summed E-state index contributed by atoms with van der Waals surface area (Å²) >= 11 is 0. The minimum absolute atomic E-state index is 0.866. The number of alkyl halides is 3. The van der Waals surface area contributed by atoms with Gasteiger partial charge in [-0.1, -0.05) is 39.0 Å². The van der Waals surface area contributed by atoms with Crippen molar-refractivity contribution in [2.24, 2.45) is 0 Å². The summed E-state index contributed by atoms with van der Waals surface area (Å²) in [5, 5.41) is 0. The molecule has 0 saturated carbocycles. The first-order valence-electron chi connectivity index (χ1n) is 7.87. The molecule has 1 fully saturated rings. The van der Waals surface area contributed by atoms with Gasteiger partial charge in [0.2, 0.25) is 0 Å². The standard InChI is InChI=1S/C13H27N.CHF3O3S/c1-3-4-5-6-7-8-11-14-12-9-10-13(14)2;2-1(3,4)8(5,6)7/h13H,3-12H2,1-2H3;(H,5,6,7). The summed E-state index contributed by atoms with van der Waals surface area (Å²) in [4.78, 5) is 2.67. The predicted octanol–water partition coefficient (Wildman–Crippen LogP) is 4.23. The van der Waals surface area contributed by atoms with Crippen molar-refractivity contribution in [3.05, 3.63) is 0 Å². The molecular formula is C14H28F3NO3S. The lowest BCUT2D eigenvalue weighted by Crippen LogP contribution is -2.27. The Morgan fingerprint density at radius 2 is 1.64 bits per heavy atom. The van der Waals surface area contributed by atoms with Crippen LogP contribution in [0.3, 0.4) is 0 Å². The average molecular weight is 347 g/mol. The molecule has 22 heavy (non-hydrogen) atoms. The van der Waals surface area contributed by atoms with E-state index in [0.717, 1.165) is 6.04 Å². The van der Waals surface area contributed by atoms with Crippen molar-refractivity contribution in [1.29, 1.82) is 0 Å². The lowest BCUT2D eigenvalue weighted by Gasteiger charge is -2.20. The molecule has 0 aromatic carbocycles. The van der Waals surface area contributed by atoms with Gasteiger partial charge < -0.3 is 4.90 Å². The van der Waals surface area contributed by atoms with Gasteiger partial charge in [-0.3, -0.25) is 4.55 Å². The van der Waals surface area contributed by atoms with Crippen molar-refractivity contribution in [2.75, 3.05) is 13.1 Å². The number of unbranched alkanes of at least 4 members (excludes halogenated alkanes) is 5. The van der Waals surface area contributed by atoms with E-state index in [1.165, 1.54) is 64.5 Å². The molecule has 0 aliphatic carbocycles. The van der Waals surface area contributed by atoms with Crippen molar-refractivity contribution >= 4 is 10.1 Å². The number of likely N-dealkylation sites (tertiary alicyclic amines) is 1. The molecule has 0 bridgehead atoms. The fourth-order valence-corrected chi connectivity index (χ4v) is 2.42. The maximum absolute atomic E-state index is 10.7. The van der Waals surface area contributed by atoms with Gasteiger partial charge in [0.25, 0.3) is 0 Å². The number of rotatable bonds is 7. The quantitative estimate of drug-likeness (QED) is 0.425. The lowest BCUT2D eigenvalue weighted by molar-refractivity contribution is -0.0510. The summed E-state index contributed by atoms with van der Waals surface area (Å²) in [6, 6.07) is 0.866. The van der Waals surface area contributed by atoms with Crippen LogP contribution < -0.4 is 0 Å². The van der Waals surface area contributed by atoms with Crippen LogP contribution >= 0.6 is 0 Å². The van der Waals surface area contributed by atoms with Crippen LogP contribution in [-0.4, -0.2) is 42.5 Å². The summed E-state index contributed by atoms with van der Waals surface area (Å²) in [6.07, 6.45) is 11.4. The highest BCUT2D eigenvalue weighted by Gasteiger charge is 2.44. The zero-order valence-corrected chi connectivity index (χ0v) is 14.2. The fraction of sp³-hybridized carbons (Fsp3) is 1.00. The Kier molecular flexibility index (Phi) is 10.3. The third-order valence-electron chi connectivity index (χ3n) is 3.78. The third kappa shape index (κ3) is 9.63. The summed E-state index contributed by atoms with van der Waals surface area (Å²) in [5.41, 5.74) is -5.53. The monoisotopic (exact) mass is 347 g/mol. The van der Waals surface area contributed by atoms with Crippen LogP contribution in [0.5, 0.6) is 0 Å². The molecule has 0 aromatic rings. The first kappa shape index (κ1) is 21.7. The molecule has 1 atom stereocenters. The molecule has 134 valence electrons. The van der Waals surface area contributed by atoms with E-state index in [2.05, 4.69) is 18.7 Å². The van der Waals surface area contributed by atoms with E-state index in [4.69, 9.17) is 13.0 Å². The number of hydrogen-bond donors (Lipinski definition) is 1. The van der Waals surface area contributed by atoms with Gasteiger partial charge in [-0.15, -0.1) is 0 Å². The van der Waals surface area contributed by atoms with Gasteiger partial charge in [0.1, 0.15) is 0 Å². The highest BCUT2D eigenvalue weighted by Crippen LogP contribution is 2.20. The van der Waals surface area contributed by atoms with Gasteiger partial charge >= 0.3 is 15.6 Å². The van der Waals surface area contributed by atoms with E-state index >= 15 is 0 Å². The van der Waals surface area contributed by atoms with E-state index in [9.17, 15) is 13.2 Å². The van der Waals surface area contributed by atoms with E-state index in [-0.39, 0.29) is 0 Å². The second-order valence-electron chi connectivity index (χ2n) is 5.72. The molecular weight excluding hydrogens is 319 g/mol. The Bertz CT molecular complexity index is 385. The summed E-state index contributed by atoms with van der Waals surface area (Å²) in [7, 11) is -5.84. The Morgan fingerprint density at radius 3 is 2.05 bits per heavy atom. The van der Waals surface area contributed by atoms with Crippen molar-refractivity contribution < 1.29 is 26.1 Å². The molecule has 1 aliphatic rings. The molecule has 1 aliphatic heterocycles.